The number of carbonyl (C=O) groups is 1. The first-order chi connectivity index (χ1) is 9.74. The van der Waals surface area contributed by atoms with Gasteiger partial charge in [0.05, 0.1) is 0 Å². The molecule has 104 valence electrons. The van der Waals surface area contributed by atoms with E-state index in [1.807, 2.05) is 42.5 Å². The van der Waals surface area contributed by atoms with Crippen molar-refractivity contribution in [1.29, 1.82) is 0 Å². The smallest absolute Gasteiger partial charge is 0.319 e. The molecule has 0 saturated heterocycles. The molecule has 0 heterocycles. The fraction of sp³-hybridized carbons (Fsp3) is 0.188. The number of hydrogen-bond donors (Lipinski definition) is 2. The van der Waals surface area contributed by atoms with Gasteiger partial charge in [-0.25, -0.2) is 4.79 Å². The van der Waals surface area contributed by atoms with E-state index in [0.29, 0.717) is 6.54 Å². The van der Waals surface area contributed by atoms with Crippen LogP contribution in [0.2, 0.25) is 0 Å². The number of benzene rings is 2. The maximum Gasteiger partial charge on any atom is 0.319 e. The highest BCUT2D eigenvalue weighted by Crippen LogP contribution is 2.13. The first kappa shape index (κ1) is 14.6. The number of carbonyl (C=O) groups excluding carboxylic acids is 1. The molecule has 0 aromatic heterocycles. The maximum atomic E-state index is 11.7. The van der Waals surface area contributed by atoms with Crippen LogP contribution in [0, 0.1) is 0 Å². The summed E-state index contributed by atoms with van der Waals surface area (Å²) in [5, 5.41) is 5.65. The van der Waals surface area contributed by atoms with E-state index in [2.05, 4.69) is 38.7 Å². The molecule has 2 aromatic rings. The lowest BCUT2D eigenvalue weighted by atomic mass is 10.1. The average Bonchev–Trinajstić information content (AvgIpc) is 2.47. The second kappa shape index (κ2) is 7.70. The summed E-state index contributed by atoms with van der Waals surface area (Å²) in [6.45, 7) is 0.664. The first-order valence-corrected chi connectivity index (χ1v) is 7.38. The van der Waals surface area contributed by atoms with Gasteiger partial charge in [-0.3, -0.25) is 0 Å². The van der Waals surface area contributed by atoms with Gasteiger partial charge in [0.1, 0.15) is 0 Å². The van der Waals surface area contributed by atoms with Crippen molar-refractivity contribution < 1.29 is 4.79 Å². The standard InChI is InChI=1S/C16H17BrN2O/c17-14-8-10-15(11-9-14)19-16(20)18-12-4-7-13-5-2-1-3-6-13/h1-3,5-6,8-11H,4,7,12H2,(H2,18,19,20). The van der Waals surface area contributed by atoms with Crippen molar-refractivity contribution in [3.63, 3.8) is 0 Å². The van der Waals surface area contributed by atoms with Crippen molar-refractivity contribution in [3.8, 4) is 0 Å². The summed E-state index contributed by atoms with van der Waals surface area (Å²) in [6, 6.07) is 17.6. The molecule has 0 aliphatic carbocycles. The maximum absolute atomic E-state index is 11.7. The quantitative estimate of drug-likeness (QED) is 0.791. The predicted octanol–water partition coefficient (Wildman–Crippen LogP) is 4.20. The lowest BCUT2D eigenvalue weighted by Crippen LogP contribution is -2.29. The van der Waals surface area contributed by atoms with Crippen LogP contribution >= 0.6 is 15.9 Å². The molecule has 0 saturated carbocycles. The molecule has 2 amide bonds. The largest absolute Gasteiger partial charge is 0.338 e. The van der Waals surface area contributed by atoms with Gasteiger partial charge in [0.25, 0.3) is 0 Å². The Morgan fingerprint density at radius 2 is 1.70 bits per heavy atom. The predicted molar refractivity (Wildman–Crippen MR) is 85.9 cm³/mol. The van der Waals surface area contributed by atoms with E-state index in [-0.39, 0.29) is 6.03 Å². The number of nitrogens with one attached hydrogen (secondary N) is 2. The van der Waals surface area contributed by atoms with Crippen molar-refractivity contribution in [3.05, 3.63) is 64.6 Å². The minimum atomic E-state index is -0.166. The molecule has 0 radical (unpaired) electrons. The molecule has 0 aliphatic rings. The minimum absolute atomic E-state index is 0.166. The van der Waals surface area contributed by atoms with Crippen LogP contribution < -0.4 is 10.6 Å². The molecular formula is C16H17BrN2O. The normalized spacial score (nSPS) is 10.1. The summed E-state index contributed by atoms with van der Waals surface area (Å²) < 4.78 is 0.992. The summed E-state index contributed by atoms with van der Waals surface area (Å²) in [4.78, 5) is 11.7. The number of hydrogen-bond acceptors (Lipinski definition) is 1. The minimum Gasteiger partial charge on any atom is -0.338 e. The summed E-state index contributed by atoms with van der Waals surface area (Å²) >= 11 is 3.36. The summed E-state index contributed by atoms with van der Waals surface area (Å²) in [5.41, 5.74) is 2.08. The van der Waals surface area contributed by atoms with Gasteiger partial charge in [-0.15, -0.1) is 0 Å². The van der Waals surface area contributed by atoms with Gasteiger partial charge in [0.15, 0.2) is 0 Å². The van der Waals surface area contributed by atoms with Crippen LogP contribution in [-0.4, -0.2) is 12.6 Å². The van der Waals surface area contributed by atoms with E-state index in [1.165, 1.54) is 5.56 Å². The van der Waals surface area contributed by atoms with Crippen LogP contribution in [0.5, 0.6) is 0 Å². The third kappa shape index (κ3) is 5.05. The molecule has 2 N–H and O–H groups in total. The van der Waals surface area contributed by atoms with Crippen LogP contribution in [0.3, 0.4) is 0 Å². The van der Waals surface area contributed by atoms with Crippen LogP contribution in [0.25, 0.3) is 0 Å². The zero-order chi connectivity index (χ0) is 14.2. The zero-order valence-corrected chi connectivity index (χ0v) is 12.7. The summed E-state index contributed by atoms with van der Waals surface area (Å²) in [7, 11) is 0. The van der Waals surface area contributed by atoms with E-state index < -0.39 is 0 Å². The lowest BCUT2D eigenvalue weighted by Gasteiger charge is -2.07. The van der Waals surface area contributed by atoms with Crippen LogP contribution in [0.4, 0.5) is 10.5 Å². The van der Waals surface area contributed by atoms with E-state index >= 15 is 0 Å². The number of rotatable bonds is 5. The topological polar surface area (TPSA) is 41.1 Å². The second-order valence-electron chi connectivity index (χ2n) is 4.48. The third-order valence-electron chi connectivity index (χ3n) is 2.87. The molecule has 3 nitrogen and oxygen atoms in total. The van der Waals surface area contributed by atoms with Crippen LogP contribution in [0.1, 0.15) is 12.0 Å². The molecule has 0 aliphatic heterocycles. The van der Waals surface area contributed by atoms with Gasteiger partial charge >= 0.3 is 6.03 Å². The van der Waals surface area contributed by atoms with Gasteiger partial charge in [-0.2, -0.15) is 0 Å². The van der Waals surface area contributed by atoms with Crippen LogP contribution in [0.15, 0.2) is 59.1 Å². The van der Waals surface area contributed by atoms with E-state index in [0.717, 1.165) is 23.0 Å². The Labute approximate surface area is 127 Å². The van der Waals surface area contributed by atoms with Crippen molar-refractivity contribution in [2.45, 2.75) is 12.8 Å². The van der Waals surface area contributed by atoms with E-state index in [9.17, 15) is 4.79 Å². The molecular weight excluding hydrogens is 316 g/mol. The Morgan fingerprint density at radius 1 is 1.00 bits per heavy atom. The molecule has 0 unspecified atom stereocenters. The molecule has 0 bridgehead atoms. The lowest BCUT2D eigenvalue weighted by molar-refractivity contribution is 0.252. The average molecular weight is 333 g/mol. The van der Waals surface area contributed by atoms with Gasteiger partial charge in [-0.1, -0.05) is 46.3 Å². The van der Waals surface area contributed by atoms with Crippen molar-refractivity contribution >= 4 is 27.6 Å². The Hall–Kier alpha value is -1.81. The van der Waals surface area contributed by atoms with Crippen LogP contribution in [-0.2, 0) is 6.42 Å². The highest BCUT2D eigenvalue weighted by atomic mass is 79.9. The Kier molecular flexibility index (Phi) is 5.62. The first-order valence-electron chi connectivity index (χ1n) is 6.58. The Balaban J connectivity index is 1.66. The molecule has 0 spiro atoms. The van der Waals surface area contributed by atoms with Crippen molar-refractivity contribution in [2.24, 2.45) is 0 Å². The number of anilines is 1. The fourth-order valence-electron chi connectivity index (χ4n) is 1.85. The highest BCUT2D eigenvalue weighted by Gasteiger charge is 2.00. The van der Waals surface area contributed by atoms with Gasteiger partial charge in [0.2, 0.25) is 0 Å². The monoisotopic (exact) mass is 332 g/mol. The Bertz CT molecular complexity index is 540. The summed E-state index contributed by atoms with van der Waals surface area (Å²) in [6.07, 6.45) is 1.90. The van der Waals surface area contributed by atoms with Gasteiger partial charge in [-0.05, 0) is 42.7 Å². The van der Waals surface area contributed by atoms with Crippen molar-refractivity contribution in [2.75, 3.05) is 11.9 Å². The SMILES string of the molecule is O=C(NCCCc1ccccc1)Nc1ccc(Br)cc1. The van der Waals surface area contributed by atoms with E-state index in [1.54, 1.807) is 0 Å². The van der Waals surface area contributed by atoms with Crippen molar-refractivity contribution in [1.82, 2.24) is 5.32 Å². The number of aryl methyl sites for hydroxylation is 1. The van der Waals surface area contributed by atoms with Gasteiger partial charge in [0, 0.05) is 16.7 Å². The number of amides is 2. The van der Waals surface area contributed by atoms with Gasteiger partial charge < -0.3 is 10.6 Å². The number of urea groups is 1. The number of halogens is 1. The molecule has 2 rings (SSSR count). The highest BCUT2D eigenvalue weighted by molar-refractivity contribution is 9.10. The Morgan fingerprint density at radius 3 is 2.40 bits per heavy atom. The summed E-state index contributed by atoms with van der Waals surface area (Å²) in [5.74, 6) is 0. The van der Waals surface area contributed by atoms with E-state index in [4.69, 9.17) is 0 Å². The fourth-order valence-corrected chi connectivity index (χ4v) is 2.11. The molecule has 20 heavy (non-hydrogen) atoms. The molecule has 4 heteroatoms. The zero-order valence-electron chi connectivity index (χ0n) is 11.1. The molecule has 2 aromatic carbocycles. The second-order valence-corrected chi connectivity index (χ2v) is 5.39. The molecule has 0 atom stereocenters. The molecule has 0 fully saturated rings. The third-order valence-corrected chi connectivity index (χ3v) is 3.40.